The number of fused-ring (bicyclic) bond motifs is 1. The number of rotatable bonds is 9. The van der Waals surface area contributed by atoms with Gasteiger partial charge in [-0.2, -0.15) is 0 Å². The highest BCUT2D eigenvalue weighted by Crippen LogP contribution is 2.20. The third-order valence-electron chi connectivity index (χ3n) is 4.89. The van der Waals surface area contributed by atoms with Crippen LogP contribution in [0, 0.1) is 13.8 Å². The Kier molecular flexibility index (Phi) is 6.70. The monoisotopic (exact) mass is 391 g/mol. The van der Waals surface area contributed by atoms with Gasteiger partial charge in [0.05, 0.1) is 17.6 Å². The molecule has 0 aliphatic rings. The molecule has 152 valence electrons. The van der Waals surface area contributed by atoms with E-state index in [0.717, 1.165) is 47.6 Å². The third kappa shape index (κ3) is 5.25. The second-order valence-electron chi connectivity index (χ2n) is 7.43. The molecule has 0 fully saturated rings. The predicted molar refractivity (Wildman–Crippen MR) is 117 cm³/mol. The maximum atomic E-state index is 11.6. The highest BCUT2D eigenvalue weighted by molar-refractivity contribution is 5.92. The minimum atomic E-state index is -0.0969. The number of carbonyl (C=O) groups excluding carboxylic acids is 1. The van der Waals surface area contributed by atoms with E-state index in [0.29, 0.717) is 18.7 Å². The summed E-state index contributed by atoms with van der Waals surface area (Å²) in [5, 5.41) is 2.88. The molecule has 5 nitrogen and oxygen atoms in total. The summed E-state index contributed by atoms with van der Waals surface area (Å²) in [6.45, 7) is 11.4. The van der Waals surface area contributed by atoms with E-state index in [1.807, 2.05) is 24.3 Å². The Balaban J connectivity index is 1.66. The summed E-state index contributed by atoms with van der Waals surface area (Å²) in [6, 6.07) is 14.4. The van der Waals surface area contributed by atoms with Crippen LogP contribution in [0.15, 0.2) is 54.6 Å². The third-order valence-corrected chi connectivity index (χ3v) is 4.89. The fourth-order valence-corrected chi connectivity index (χ4v) is 3.37. The molecule has 0 bridgehead atoms. The van der Waals surface area contributed by atoms with Gasteiger partial charge in [-0.05, 0) is 51.0 Å². The van der Waals surface area contributed by atoms with E-state index in [1.54, 1.807) is 6.92 Å². The van der Waals surface area contributed by atoms with Crippen LogP contribution in [0.25, 0.3) is 11.0 Å². The summed E-state index contributed by atoms with van der Waals surface area (Å²) in [5.41, 5.74) is 5.00. The molecule has 5 heteroatoms. The lowest BCUT2D eigenvalue weighted by atomic mass is 10.1. The summed E-state index contributed by atoms with van der Waals surface area (Å²) in [4.78, 5) is 16.4. The largest absolute Gasteiger partial charge is 0.491 e. The summed E-state index contributed by atoms with van der Waals surface area (Å²) < 4.78 is 8.26. The van der Waals surface area contributed by atoms with Gasteiger partial charge in [0.25, 0.3) is 0 Å². The van der Waals surface area contributed by atoms with Crippen LogP contribution in [-0.2, 0) is 17.8 Å². The van der Waals surface area contributed by atoms with E-state index < -0.39 is 0 Å². The number of carbonyl (C=O) groups is 1. The molecule has 0 radical (unpaired) electrons. The Labute approximate surface area is 172 Å². The molecular formula is C24H29N3O2. The number of hydrogen-bond acceptors (Lipinski definition) is 3. The number of aromatic nitrogens is 2. The van der Waals surface area contributed by atoms with Gasteiger partial charge in [-0.25, -0.2) is 4.98 Å². The molecule has 1 heterocycles. The van der Waals surface area contributed by atoms with Gasteiger partial charge in [0.1, 0.15) is 18.2 Å². The van der Waals surface area contributed by atoms with Crippen molar-refractivity contribution >= 4 is 16.9 Å². The highest BCUT2D eigenvalue weighted by Gasteiger charge is 2.11. The molecule has 1 amide bonds. The van der Waals surface area contributed by atoms with Crippen LogP contribution in [0.2, 0.25) is 0 Å². The van der Waals surface area contributed by atoms with Crippen LogP contribution in [0.1, 0.15) is 30.3 Å². The van der Waals surface area contributed by atoms with Crippen LogP contribution in [-0.4, -0.2) is 28.6 Å². The Bertz CT molecular complexity index is 1020. The Morgan fingerprint density at radius 3 is 2.76 bits per heavy atom. The smallest absolute Gasteiger partial charge is 0.246 e. The van der Waals surface area contributed by atoms with Gasteiger partial charge >= 0.3 is 0 Å². The van der Waals surface area contributed by atoms with E-state index in [9.17, 15) is 4.79 Å². The molecule has 3 aromatic rings. The first-order valence-corrected chi connectivity index (χ1v) is 10.0. The lowest BCUT2D eigenvalue weighted by molar-refractivity contribution is -0.117. The number of imidazole rings is 1. The zero-order valence-electron chi connectivity index (χ0n) is 17.5. The second-order valence-corrected chi connectivity index (χ2v) is 7.43. The maximum Gasteiger partial charge on any atom is 0.246 e. The molecule has 0 spiro atoms. The van der Waals surface area contributed by atoms with Crippen molar-refractivity contribution in [3.63, 3.8) is 0 Å². The highest BCUT2D eigenvalue weighted by atomic mass is 16.5. The molecule has 0 unspecified atom stereocenters. The van der Waals surface area contributed by atoms with Gasteiger partial charge in [-0.3, -0.25) is 4.79 Å². The number of para-hydroxylation sites is 2. The fraction of sp³-hybridized carbons (Fsp3) is 0.333. The molecule has 3 rings (SSSR count). The van der Waals surface area contributed by atoms with Gasteiger partial charge in [-0.1, -0.05) is 36.4 Å². The summed E-state index contributed by atoms with van der Waals surface area (Å²) >= 11 is 0. The van der Waals surface area contributed by atoms with Crippen molar-refractivity contribution in [1.29, 1.82) is 0 Å². The number of nitrogens with zero attached hydrogens (tertiary/aromatic N) is 2. The molecule has 0 saturated heterocycles. The molecule has 29 heavy (non-hydrogen) atoms. The number of benzene rings is 2. The summed E-state index contributed by atoms with van der Waals surface area (Å²) in [5.74, 6) is 1.84. The van der Waals surface area contributed by atoms with Crippen molar-refractivity contribution < 1.29 is 9.53 Å². The molecular weight excluding hydrogens is 362 g/mol. The van der Waals surface area contributed by atoms with Crippen molar-refractivity contribution in [3.8, 4) is 5.75 Å². The standard InChI is InChI=1S/C24H29N3O2/c1-17(2)24(28)25-13-7-10-23-26-20-8-5-6-9-21(20)27(23)14-15-29-22-12-11-18(3)16-19(22)4/h5-6,8-9,11-12,16H,1,7,10,13-15H2,2-4H3,(H,25,28). The molecule has 0 aliphatic heterocycles. The van der Waals surface area contributed by atoms with Crippen LogP contribution >= 0.6 is 0 Å². The van der Waals surface area contributed by atoms with E-state index >= 15 is 0 Å². The number of nitrogens with one attached hydrogen (secondary N) is 1. The minimum absolute atomic E-state index is 0.0969. The van der Waals surface area contributed by atoms with Crippen molar-refractivity contribution in [1.82, 2.24) is 14.9 Å². The first kappa shape index (κ1) is 20.6. The van der Waals surface area contributed by atoms with Gasteiger partial charge in [0, 0.05) is 18.5 Å². The van der Waals surface area contributed by atoms with Crippen LogP contribution in [0.5, 0.6) is 5.75 Å². The van der Waals surface area contributed by atoms with E-state index in [2.05, 4.69) is 48.5 Å². The van der Waals surface area contributed by atoms with Crippen LogP contribution < -0.4 is 10.1 Å². The molecule has 2 aromatic carbocycles. The molecule has 0 atom stereocenters. The first-order valence-electron chi connectivity index (χ1n) is 10.0. The molecule has 0 aliphatic carbocycles. The van der Waals surface area contributed by atoms with Gasteiger partial charge in [-0.15, -0.1) is 0 Å². The quantitative estimate of drug-likeness (QED) is 0.436. The van der Waals surface area contributed by atoms with E-state index in [1.165, 1.54) is 5.56 Å². The van der Waals surface area contributed by atoms with Crippen molar-refractivity contribution in [2.75, 3.05) is 13.2 Å². The molecule has 0 saturated carbocycles. The zero-order valence-corrected chi connectivity index (χ0v) is 17.5. The average molecular weight is 392 g/mol. The zero-order chi connectivity index (χ0) is 20.8. The van der Waals surface area contributed by atoms with Crippen LogP contribution in [0.4, 0.5) is 0 Å². The number of hydrogen-bond donors (Lipinski definition) is 1. The first-order chi connectivity index (χ1) is 14.0. The predicted octanol–water partition coefficient (Wildman–Crippen LogP) is 4.36. The lowest BCUT2D eigenvalue weighted by Gasteiger charge is -2.13. The maximum absolute atomic E-state index is 11.6. The van der Waals surface area contributed by atoms with Crippen molar-refractivity contribution in [3.05, 3.63) is 71.6 Å². The fourth-order valence-electron chi connectivity index (χ4n) is 3.37. The number of aryl methyl sites for hydroxylation is 3. The normalized spacial score (nSPS) is 10.9. The molecule has 1 aromatic heterocycles. The number of ether oxygens (including phenoxy) is 1. The second kappa shape index (κ2) is 9.41. The van der Waals surface area contributed by atoms with Gasteiger partial charge in [0.2, 0.25) is 5.91 Å². The van der Waals surface area contributed by atoms with Gasteiger partial charge < -0.3 is 14.6 Å². The average Bonchev–Trinajstić information content (AvgIpc) is 3.04. The van der Waals surface area contributed by atoms with Gasteiger partial charge in [0.15, 0.2) is 0 Å². The topological polar surface area (TPSA) is 56.2 Å². The molecule has 1 N–H and O–H groups in total. The van der Waals surface area contributed by atoms with Crippen molar-refractivity contribution in [2.45, 2.75) is 40.2 Å². The summed E-state index contributed by atoms with van der Waals surface area (Å²) in [7, 11) is 0. The Morgan fingerprint density at radius 1 is 1.21 bits per heavy atom. The van der Waals surface area contributed by atoms with Crippen LogP contribution in [0.3, 0.4) is 0 Å². The Morgan fingerprint density at radius 2 is 2.00 bits per heavy atom. The minimum Gasteiger partial charge on any atom is -0.491 e. The Hall–Kier alpha value is -3.08. The van der Waals surface area contributed by atoms with E-state index in [4.69, 9.17) is 9.72 Å². The van der Waals surface area contributed by atoms with Crippen molar-refractivity contribution in [2.24, 2.45) is 0 Å². The number of amides is 1. The van der Waals surface area contributed by atoms with E-state index in [-0.39, 0.29) is 5.91 Å². The lowest BCUT2D eigenvalue weighted by Crippen LogP contribution is -2.25. The summed E-state index contributed by atoms with van der Waals surface area (Å²) in [6.07, 6.45) is 1.61. The SMILES string of the molecule is C=C(C)C(=O)NCCCc1nc2ccccc2n1CCOc1ccc(C)cc1C.